The lowest BCUT2D eigenvalue weighted by Crippen LogP contribution is -2.50. The maximum atomic E-state index is 13.4. The van der Waals surface area contributed by atoms with E-state index >= 15 is 0 Å². The zero-order valence-corrected chi connectivity index (χ0v) is 17.7. The highest BCUT2D eigenvalue weighted by Crippen LogP contribution is 2.34. The van der Waals surface area contributed by atoms with E-state index < -0.39 is 5.60 Å². The Bertz CT molecular complexity index is 1070. The molecular formula is C24H28FN3O2. The maximum Gasteiger partial charge on any atom is 0.410 e. The smallest absolute Gasteiger partial charge is 0.410 e. The number of nitrogens with two attached hydrogens (primary N) is 1. The van der Waals surface area contributed by atoms with Gasteiger partial charge in [0.05, 0.1) is 12.6 Å². The molecule has 30 heavy (non-hydrogen) atoms. The van der Waals surface area contributed by atoms with Gasteiger partial charge in [0.25, 0.3) is 0 Å². The predicted octanol–water partition coefficient (Wildman–Crippen LogP) is 4.45. The third-order valence-corrected chi connectivity index (χ3v) is 5.55. The molecule has 6 heteroatoms. The van der Waals surface area contributed by atoms with E-state index in [1.54, 1.807) is 17.0 Å². The molecule has 1 aliphatic heterocycles. The summed E-state index contributed by atoms with van der Waals surface area (Å²) in [5.74, 6) is -0.250. The lowest BCUT2D eigenvalue weighted by atomic mass is 9.97. The first-order valence-corrected chi connectivity index (χ1v) is 10.3. The number of para-hydroxylation sites is 1. The molecule has 0 saturated heterocycles. The summed E-state index contributed by atoms with van der Waals surface area (Å²) in [6, 6.07) is 14.7. The number of nitrogens with zero attached hydrogens (tertiary/aromatic N) is 2. The molecule has 1 aromatic heterocycles. The van der Waals surface area contributed by atoms with Crippen LogP contribution in [0.3, 0.4) is 0 Å². The van der Waals surface area contributed by atoms with Gasteiger partial charge in [0.2, 0.25) is 0 Å². The normalized spacial score (nSPS) is 16.6. The van der Waals surface area contributed by atoms with Crippen molar-refractivity contribution in [2.24, 2.45) is 5.73 Å². The second-order valence-electron chi connectivity index (χ2n) is 8.86. The van der Waals surface area contributed by atoms with Gasteiger partial charge < -0.3 is 15.0 Å². The molecule has 1 aliphatic rings. The summed E-state index contributed by atoms with van der Waals surface area (Å²) in [6.45, 7) is 7.00. The van der Waals surface area contributed by atoms with Crippen LogP contribution in [-0.4, -0.2) is 33.7 Å². The van der Waals surface area contributed by atoms with Crippen molar-refractivity contribution in [1.29, 1.82) is 0 Å². The fourth-order valence-corrected chi connectivity index (χ4v) is 4.17. The van der Waals surface area contributed by atoms with Crippen LogP contribution in [0.4, 0.5) is 9.18 Å². The number of benzene rings is 2. The molecule has 0 bridgehead atoms. The van der Waals surface area contributed by atoms with Crippen molar-refractivity contribution in [3.8, 4) is 0 Å². The number of halogens is 1. The van der Waals surface area contributed by atoms with Crippen LogP contribution in [0.1, 0.15) is 37.6 Å². The van der Waals surface area contributed by atoms with Crippen LogP contribution in [0, 0.1) is 5.82 Å². The molecule has 3 aromatic rings. The number of aromatic nitrogens is 1. The van der Waals surface area contributed by atoms with Crippen LogP contribution in [0.2, 0.25) is 0 Å². The Morgan fingerprint density at radius 1 is 1.17 bits per heavy atom. The van der Waals surface area contributed by atoms with Gasteiger partial charge in [-0.25, -0.2) is 9.18 Å². The van der Waals surface area contributed by atoms with E-state index in [2.05, 4.69) is 16.7 Å². The SMILES string of the molecule is CC(C)(C)OC(=O)N1Cc2c(c3ccccc3n2Cc2ccc(F)cc2)CC1CN. The fraction of sp³-hybridized carbons (Fsp3) is 0.375. The van der Waals surface area contributed by atoms with E-state index in [0.717, 1.165) is 16.8 Å². The van der Waals surface area contributed by atoms with E-state index in [1.807, 2.05) is 32.9 Å². The molecule has 5 nitrogen and oxygen atoms in total. The topological polar surface area (TPSA) is 60.5 Å². The Kier molecular flexibility index (Phi) is 5.28. The lowest BCUT2D eigenvalue weighted by Gasteiger charge is -2.37. The van der Waals surface area contributed by atoms with E-state index in [-0.39, 0.29) is 18.0 Å². The van der Waals surface area contributed by atoms with Crippen molar-refractivity contribution in [1.82, 2.24) is 9.47 Å². The van der Waals surface area contributed by atoms with Crippen LogP contribution in [0.5, 0.6) is 0 Å². The second-order valence-corrected chi connectivity index (χ2v) is 8.86. The summed E-state index contributed by atoms with van der Waals surface area (Å²) in [4.78, 5) is 14.7. The van der Waals surface area contributed by atoms with Crippen molar-refractivity contribution >= 4 is 17.0 Å². The standard InChI is InChI=1S/C24H28FN3O2/c1-24(2,3)30-23(29)27-15-22-20(12-18(27)13-26)19-6-4-5-7-21(19)28(22)14-16-8-10-17(25)11-9-16/h4-11,18H,12-15,26H2,1-3H3. The molecule has 0 aliphatic carbocycles. The number of ether oxygens (including phenoxy) is 1. The predicted molar refractivity (Wildman–Crippen MR) is 116 cm³/mol. The summed E-state index contributed by atoms with van der Waals surface area (Å²) in [5.41, 5.74) is 9.89. The highest BCUT2D eigenvalue weighted by atomic mass is 19.1. The molecule has 0 saturated carbocycles. The second kappa shape index (κ2) is 7.76. The van der Waals surface area contributed by atoms with Gasteiger partial charge in [-0.05, 0) is 56.5 Å². The van der Waals surface area contributed by atoms with Gasteiger partial charge in [-0.3, -0.25) is 4.90 Å². The van der Waals surface area contributed by atoms with Crippen molar-refractivity contribution in [3.05, 3.63) is 71.2 Å². The summed E-state index contributed by atoms with van der Waals surface area (Å²) >= 11 is 0. The molecular weight excluding hydrogens is 381 g/mol. The van der Waals surface area contributed by atoms with Crippen molar-refractivity contribution in [2.45, 2.75) is 51.9 Å². The van der Waals surface area contributed by atoms with E-state index in [4.69, 9.17) is 10.5 Å². The molecule has 0 fully saturated rings. The Hall–Kier alpha value is -2.86. The Labute approximate surface area is 176 Å². The first-order chi connectivity index (χ1) is 14.3. The maximum absolute atomic E-state index is 13.4. The van der Waals surface area contributed by atoms with Gasteiger partial charge in [-0.15, -0.1) is 0 Å². The molecule has 2 heterocycles. The fourth-order valence-electron chi connectivity index (χ4n) is 4.17. The van der Waals surface area contributed by atoms with Crippen LogP contribution < -0.4 is 5.73 Å². The van der Waals surface area contributed by atoms with E-state index in [9.17, 15) is 9.18 Å². The number of hydrogen-bond donors (Lipinski definition) is 1. The van der Waals surface area contributed by atoms with Gasteiger partial charge >= 0.3 is 6.09 Å². The van der Waals surface area contributed by atoms with Gasteiger partial charge in [0, 0.05) is 29.7 Å². The summed E-state index contributed by atoms with van der Waals surface area (Å²) in [6.07, 6.45) is 0.337. The first-order valence-electron chi connectivity index (χ1n) is 10.3. The number of carbonyl (C=O) groups excluding carboxylic acids is 1. The van der Waals surface area contributed by atoms with Gasteiger partial charge in [0.1, 0.15) is 11.4 Å². The third kappa shape index (κ3) is 3.92. The number of amides is 1. The molecule has 2 aromatic carbocycles. The Morgan fingerprint density at radius 3 is 2.53 bits per heavy atom. The summed E-state index contributed by atoms with van der Waals surface area (Å²) in [7, 11) is 0. The van der Waals surface area contributed by atoms with Crippen LogP contribution in [0.15, 0.2) is 48.5 Å². The van der Waals surface area contributed by atoms with Crippen LogP contribution in [0.25, 0.3) is 10.9 Å². The minimum Gasteiger partial charge on any atom is -0.444 e. The summed E-state index contributed by atoms with van der Waals surface area (Å²) < 4.78 is 21.2. The molecule has 2 N–H and O–H groups in total. The van der Waals surface area contributed by atoms with Crippen molar-refractivity contribution in [3.63, 3.8) is 0 Å². The highest BCUT2D eigenvalue weighted by molar-refractivity contribution is 5.86. The zero-order chi connectivity index (χ0) is 21.5. The quantitative estimate of drug-likeness (QED) is 0.695. The van der Waals surface area contributed by atoms with E-state index in [0.29, 0.717) is 26.1 Å². The molecule has 0 radical (unpaired) electrons. The molecule has 4 rings (SSSR count). The monoisotopic (exact) mass is 409 g/mol. The first kappa shape index (κ1) is 20.4. The van der Waals surface area contributed by atoms with E-state index in [1.165, 1.54) is 23.1 Å². The minimum absolute atomic E-state index is 0.113. The third-order valence-electron chi connectivity index (χ3n) is 5.55. The molecule has 1 unspecified atom stereocenters. The average molecular weight is 410 g/mol. The minimum atomic E-state index is -0.572. The van der Waals surface area contributed by atoms with Crippen LogP contribution >= 0.6 is 0 Å². The summed E-state index contributed by atoms with van der Waals surface area (Å²) in [5, 5.41) is 1.18. The van der Waals surface area contributed by atoms with Gasteiger partial charge in [0.15, 0.2) is 0 Å². The van der Waals surface area contributed by atoms with Crippen molar-refractivity contribution < 1.29 is 13.9 Å². The lowest BCUT2D eigenvalue weighted by molar-refractivity contribution is 0.0123. The molecule has 1 atom stereocenters. The van der Waals surface area contributed by atoms with Crippen molar-refractivity contribution in [2.75, 3.05) is 6.54 Å². The highest BCUT2D eigenvalue weighted by Gasteiger charge is 2.35. The number of rotatable bonds is 3. The van der Waals surface area contributed by atoms with Crippen LogP contribution in [-0.2, 0) is 24.2 Å². The van der Waals surface area contributed by atoms with Gasteiger partial charge in [-0.2, -0.15) is 0 Å². The molecule has 0 spiro atoms. The Balaban J connectivity index is 1.77. The average Bonchev–Trinajstić information content (AvgIpc) is 3.00. The molecule has 158 valence electrons. The Morgan fingerprint density at radius 2 is 1.87 bits per heavy atom. The van der Waals surface area contributed by atoms with Gasteiger partial charge in [-0.1, -0.05) is 30.3 Å². The molecule has 1 amide bonds. The number of carbonyl (C=O) groups is 1. The largest absolute Gasteiger partial charge is 0.444 e. The zero-order valence-electron chi connectivity index (χ0n) is 17.7. The number of fused-ring (bicyclic) bond motifs is 3. The number of hydrogen-bond acceptors (Lipinski definition) is 3.